The number of halogens is 1. The third-order valence-electron chi connectivity index (χ3n) is 3.13. The Balaban J connectivity index is 2.30. The van der Waals surface area contributed by atoms with E-state index >= 15 is 0 Å². The molecule has 0 radical (unpaired) electrons. The summed E-state index contributed by atoms with van der Waals surface area (Å²) in [6.07, 6.45) is 0. The van der Waals surface area contributed by atoms with Crippen molar-refractivity contribution < 1.29 is 8.42 Å². The summed E-state index contributed by atoms with van der Waals surface area (Å²) in [7, 11) is -1.98. The molecule has 1 heterocycles. The van der Waals surface area contributed by atoms with E-state index in [0.29, 0.717) is 10.7 Å². The monoisotopic (exact) mass is 330 g/mol. The summed E-state index contributed by atoms with van der Waals surface area (Å²) >= 11 is 6.96. The van der Waals surface area contributed by atoms with Gasteiger partial charge in [-0.25, -0.2) is 8.42 Å². The lowest BCUT2D eigenvalue weighted by Gasteiger charge is -2.24. The quantitative estimate of drug-likeness (QED) is 0.934. The SMILES string of the molecule is CC(c1ccc(Cl)cc1)N(C)S(=O)(=O)c1cc(N)cs1. The summed E-state index contributed by atoms with van der Waals surface area (Å²) in [4.78, 5) is 0. The Morgan fingerprint density at radius 1 is 1.30 bits per heavy atom. The molecule has 0 aliphatic carbocycles. The number of nitrogens with zero attached hydrogens (tertiary/aromatic N) is 1. The molecule has 1 aromatic heterocycles. The topological polar surface area (TPSA) is 63.4 Å². The molecule has 0 saturated heterocycles. The molecular formula is C13H15ClN2O2S2. The van der Waals surface area contributed by atoms with E-state index < -0.39 is 10.0 Å². The van der Waals surface area contributed by atoms with Crippen LogP contribution in [0.1, 0.15) is 18.5 Å². The van der Waals surface area contributed by atoms with Crippen LogP contribution in [0.2, 0.25) is 5.02 Å². The largest absolute Gasteiger partial charge is 0.398 e. The van der Waals surface area contributed by atoms with Crippen LogP contribution in [-0.2, 0) is 10.0 Å². The number of rotatable bonds is 4. The van der Waals surface area contributed by atoms with E-state index in [2.05, 4.69) is 0 Å². The van der Waals surface area contributed by atoms with Gasteiger partial charge in [0, 0.05) is 29.2 Å². The molecule has 1 aromatic carbocycles. The summed E-state index contributed by atoms with van der Waals surface area (Å²) in [6.45, 7) is 1.83. The number of benzene rings is 1. The molecule has 0 fully saturated rings. The molecule has 4 nitrogen and oxygen atoms in total. The Morgan fingerprint density at radius 2 is 1.90 bits per heavy atom. The highest BCUT2D eigenvalue weighted by molar-refractivity contribution is 7.91. The van der Waals surface area contributed by atoms with E-state index in [-0.39, 0.29) is 10.3 Å². The van der Waals surface area contributed by atoms with Crippen molar-refractivity contribution in [1.29, 1.82) is 0 Å². The lowest BCUT2D eigenvalue weighted by atomic mass is 10.1. The molecule has 20 heavy (non-hydrogen) atoms. The zero-order valence-corrected chi connectivity index (χ0v) is 13.5. The first-order valence-electron chi connectivity index (χ1n) is 5.90. The first kappa shape index (κ1) is 15.3. The number of anilines is 1. The predicted octanol–water partition coefficient (Wildman–Crippen LogP) is 3.37. The first-order chi connectivity index (χ1) is 9.32. The predicted molar refractivity (Wildman–Crippen MR) is 83.5 cm³/mol. The van der Waals surface area contributed by atoms with Gasteiger partial charge in [0.25, 0.3) is 10.0 Å². The third kappa shape index (κ3) is 2.98. The average molecular weight is 331 g/mol. The molecule has 0 bridgehead atoms. The van der Waals surface area contributed by atoms with Crippen molar-refractivity contribution in [2.45, 2.75) is 17.2 Å². The highest BCUT2D eigenvalue weighted by Gasteiger charge is 2.27. The van der Waals surface area contributed by atoms with Gasteiger partial charge in [0.2, 0.25) is 0 Å². The van der Waals surface area contributed by atoms with Crippen molar-refractivity contribution in [2.24, 2.45) is 0 Å². The van der Waals surface area contributed by atoms with Crippen molar-refractivity contribution >= 4 is 38.6 Å². The lowest BCUT2D eigenvalue weighted by Crippen LogP contribution is -2.29. The molecular weight excluding hydrogens is 316 g/mol. The molecule has 0 amide bonds. The van der Waals surface area contributed by atoms with E-state index in [1.165, 1.54) is 10.4 Å². The van der Waals surface area contributed by atoms with Crippen molar-refractivity contribution in [3.63, 3.8) is 0 Å². The van der Waals surface area contributed by atoms with E-state index in [0.717, 1.165) is 16.9 Å². The maximum atomic E-state index is 12.5. The van der Waals surface area contributed by atoms with Gasteiger partial charge < -0.3 is 5.73 Å². The highest BCUT2D eigenvalue weighted by Crippen LogP contribution is 2.30. The van der Waals surface area contributed by atoms with Gasteiger partial charge in [0.1, 0.15) is 4.21 Å². The van der Waals surface area contributed by atoms with E-state index in [1.807, 2.05) is 19.1 Å². The summed E-state index contributed by atoms with van der Waals surface area (Å²) in [6, 6.07) is 8.32. The highest BCUT2D eigenvalue weighted by atomic mass is 35.5. The molecule has 0 saturated carbocycles. The zero-order valence-electron chi connectivity index (χ0n) is 11.1. The van der Waals surface area contributed by atoms with Gasteiger partial charge >= 0.3 is 0 Å². The smallest absolute Gasteiger partial charge is 0.252 e. The molecule has 7 heteroatoms. The lowest BCUT2D eigenvalue weighted by molar-refractivity contribution is 0.399. The molecule has 2 N–H and O–H groups in total. The Kier molecular flexibility index (Phi) is 4.39. The van der Waals surface area contributed by atoms with Crippen LogP contribution in [0.15, 0.2) is 39.9 Å². The Hall–Kier alpha value is -1.08. The normalized spacial score (nSPS) is 13.6. The fraction of sp³-hybridized carbons (Fsp3) is 0.231. The van der Waals surface area contributed by atoms with Gasteiger partial charge in [-0.15, -0.1) is 11.3 Å². The van der Waals surface area contributed by atoms with Crippen molar-refractivity contribution in [3.8, 4) is 0 Å². The average Bonchev–Trinajstić information content (AvgIpc) is 2.85. The number of nitrogens with two attached hydrogens (primary N) is 1. The van der Waals surface area contributed by atoms with Crippen LogP contribution in [-0.4, -0.2) is 19.8 Å². The van der Waals surface area contributed by atoms with Gasteiger partial charge in [-0.1, -0.05) is 23.7 Å². The molecule has 0 aliphatic heterocycles. The van der Waals surface area contributed by atoms with Crippen molar-refractivity contribution in [2.75, 3.05) is 12.8 Å². The zero-order chi connectivity index (χ0) is 14.9. The molecule has 0 spiro atoms. The summed E-state index contributed by atoms with van der Waals surface area (Å²) < 4.78 is 26.5. The number of hydrogen-bond donors (Lipinski definition) is 1. The second-order valence-electron chi connectivity index (χ2n) is 4.45. The molecule has 2 aromatic rings. The second-order valence-corrected chi connectivity index (χ2v) is 8.02. The van der Waals surface area contributed by atoms with Crippen LogP contribution in [0, 0.1) is 0 Å². The second kappa shape index (κ2) is 5.73. The summed E-state index contributed by atoms with van der Waals surface area (Å²) in [5.41, 5.74) is 6.93. The Labute approximate surface area is 127 Å². The van der Waals surface area contributed by atoms with E-state index in [9.17, 15) is 8.42 Å². The van der Waals surface area contributed by atoms with Gasteiger partial charge in [-0.2, -0.15) is 4.31 Å². The number of thiophene rings is 1. The number of hydrogen-bond acceptors (Lipinski definition) is 4. The molecule has 0 aliphatic rings. The van der Waals surface area contributed by atoms with Gasteiger partial charge in [0.15, 0.2) is 0 Å². The van der Waals surface area contributed by atoms with Crippen LogP contribution in [0.5, 0.6) is 0 Å². The van der Waals surface area contributed by atoms with E-state index in [4.69, 9.17) is 17.3 Å². The molecule has 2 rings (SSSR count). The van der Waals surface area contributed by atoms with Crippen molar-refractivity contribution in [1.82, 2.24) is 4.31 Å². The van der Waals surface area contributed by atoms with Crippen molar-refractivity contribution in [3.05, 3.63) is 46.3 Å². The third-order valence-corrected chi connectivity index (χ3v) is 6.74. The molecule has 1 atom stereocenters. The van der Waals surface area contributed by atoms with Crippen LogP contribution in [0.4, 0.5) is 5.69 Å². The minimum atomic E-state index is -3.54. The molecule has 1 unspecified atom stereocenters. The first-order valence-corrected chi connectivity index (χ1v) is 8.59. The van der Waals surface area contributed by atoms with Gasteiger partial charge in [-0.05, 0) is 30.7 Å². The minimum absolute atomic E-state index is 0.248. The number of sulfonamides is 1. The standard InChI is InChI=1S/C13H15ClN2O2S2/c1-9(10-3-5-11(14)6-4-10)16(2)20(17,18)13-7-12(15)8-19-13/h3-9H,15H2,1-2H3. The number of nitrogen functional groups attached to an aromatic ring is 1. The summed E-state index contributed by atoms with van der Waals surface area (Å²) in [5, 5.41) is 2.24. The van der Waals surface area contributed by atoms with Gasteiger partial charge in [-0.3, -0.25) is 0 Å². The minimum Gasteiger partial charge on any atom is -0.398 e. The summed E-state index contributed by atoms with van der Waals surface area (Å²) in [5.74, 6) is 0. The Morgan fingerprint density at radius 3 is 2.40 bits per heavy atom. The Bertz CT molecular complexity index is 695. The fourth-order valence-electron chi connectivity index (χ4n) is 1.77. The van der Waals surface area contributed by atoms with Crippen LogP contribution in [0.3, 0.4) is 0 Å². The molecule has 108 valence electrons. The maximum Gasteiger partial charge on any atom is 0.252 e. The van der Waals surface area contributed by atoms with Crippen LogP contribution >= 0.6 is 22.9 Å². The fourth-order valence-corrected chi connectivity index (χ4v) is 4.51. The van der Waals surface area contributed by atoms with Crippen LogP contribution in [0.25, 0.3) is 0 Å². The van der Waals surface area contributed by atoms with E-state index in [1.54, 1.807) is 24.6 Å². The van der Waals surface area contributed by atoms with Crippen LogP contribution < -0.4 is 5.73 Å². The van der Waals surface area contributed by atoms with Gasteiger partial charge in [0.05, 0.1) is 0 Å². The maximum absolute atomic E-state index is 12.5.